The molecule has 222 valence electrons. The van der Waals surface area contributed by atoms with Gasteiger partial charge in [-0.3, -0.25) is 25.0 Å². The van der Waals surface area contributed by atoms with Gasteiger partial charge in [-0.1, -0.05) is 46.3 Å². The summed E-state index contributed by atoms with van der Waals surface area (Å²) in [5.41, 5.74) is 1.94. The highest BCUT2D eigenvalue weighted by atomic mass is 79.9. The van der Waals surface area contributed by atoms with Gasteiger partial charge in [-0.25, -0.2) is 9.69 Å². The Labute approximate surface area is 259 Å². The van der Waals surface area contributed by atoms with Crippen molar-refractivity contribution in [3.63, 3.8) is 0 Å². The monoisotopic (exact) mass is 657 g/mol. The normalized spacial score (nSPS) is 13.9. The Morgan fingerprint density at radius 1 is 0.864 bits per heavy atom. The Kier molecular flexibility index (Phi) is 9.01. The fraction of sp³-hybridized carbons (Fsp3) is 0.0938. The van der Waals surface area contributed by atoms with Crippen molar-refractivity contribution in [2.75, 3.05) is 12.0 Å². The van der Waals surface area contributed by atoms with Crippen LogP contribution in [-0.2, 0) is 22.8 Å². The molecule has 5 rings (SSSR count). The second-order valence-electron chi connectivity index (χ2n) is 9.49. The number of amides is 4. The van der Waals surface area contributed by atoms with Gasteiger partial charge in [0.1, 0.15) is 24.5 Å². The van der Waals surface area contributed by atoms with Gasteiger partial charge in [0.2, 0.25) is 0 Å². The second kappa shape index (κ2) is 13.2. The SMILES string of the molecule is COc1cc(/C=C2\C(=O)NC(=O)N(c3ccc(OCc4ccc(Br)cc4)cc3)C2=O)ccc1OCc1cccc([N+](=O)[O-])c1. The number of methoxy groups -OCH3 is 1. The van der Waals surface area contributed by atoms with Crippen LogP contribution in [0.25, 0.3) is 6.08 Å². The minimum atomic E-state index is -0.872. The van der Waals surface area contributed by atoms with E-state index in [9.17, 15) is 24.5 Å². The second-order valence-corrected chi connectivity index (χ2v) is 10.4. The number of barbiturate groups is 1. The van der Waals surface area contributed by atoms with Crippen LogP contribution in [0.15, 0.2) is 101 Å². The number of nitrogens with one attached hydrogen (secondary N) is 1. The van der Waals surface area contributed by atoms with Crippen LogP contribution in [0.3, 0.4) is 0 Å². The third-order valence-corrected chi connectivity index (χ3v) is 7.06. The third-order valence-electron chi connectivity index (χ3n) is 6.53. The van der Waals surface area contributed by atoms with E-state index in [4.69, 9.17) is 14.2 Å². The van der Waals surface area contributed by atoms with Crippen molar-refractivity contribution in [1.82, 2.24) is 5.32 Å². The van der Waals surface area contributed by atoms with Crippen molar-refractivity contribution in [3.8, 4) is 17.2 Å². The number of rotatable bonds is 10. The first kappa shape index (κ1) is 30.0. The van der Waals surface area contributed by atoms with Gasteiger partial charge in [-0.2, -0.15) is 0 Å². The van der Waals surface area contributed by atoms with Gasteiger partial charge in [-0.05, 0) is 71.3 Å². The number of halogens is 1. The molecule has 1 fully saturated rings. The largest absolute Gasteiger partial charge is 0.493 e. The number of ether oxygens (including phenoxy) is 3. The van der Waals surface area contributed by atoms with E-state index in [2.05, 4.69) is 21.2 Å². The maximum atomic E-state index is 13.4. The number of carbonyl (C=O) groups is 3. The number of imide groups is 2. The highest BCUT2D eigenvalue weighted by Gasteiger charge is 2.36. The molecule has 0 unspecified atom stereocenters. The number of hydrogen-bond acceptors (Lipinski definition) is 8. The summed E-state index contributed by atoms with van der Waals surface area (Å²) >= 11 is 3.39. The van der Waals surface area contributed by atoms with Gasteiger partial charge in [0.05, 0.1) is 17.7 Å². The molecule has 0 atom stereocenters. The first-order valence-electron chi connectivity index (χ1n) is 13.1. The molecule has 11 nitrogen and oxygen atoms in total. The average molecular weight is 658 g/mol. The molecule has 12 heteroatoms. The molecule has 4 aromatic rings. The van der Waals surface area contributed by atoms with E-state index >= 15 is 0 Å². The molecule has 1 N–H and O–H groups in total. The van der Waals surface area contributed by atoms with Gasteiger partial charge in [-0.15, -0.1) is 0 Å². The molecule has 1 heterocycles. The standard InChI is InChI=1S/C32H24BrN3O8/c1-42-29-17-21(7-14-28(29)44-19-22-3-2-4-25(15-22)36(40)41)16-27-30(37)34-32(39)35(31(27)38)24-10-12-26(13-11-24)43-18-20-5-8-23(33)9-6-20/h2-17H,18-19H2,1H3,(H,34,37,39)/b27-16+. The van der Waals surface area contributed by atoms with Crippen LogP contribution in [0.4, 0.5) is 16.2 Å². The predicted octanol–water partition coefficient (Wildman–Crippen LogP) is 6.19. The third kappa shape index (κ3) is 6.93. The molecular formula is C32H24BrN3O8. The zero-order chi connectivity index (χ0) is 31.2. The van der Waals surface area contributed by atoms with Crippen LogP contribution >= 0.6 is 15.9 Å². The van der Waals surface area contributed by atoms with Gasteiger partial charge < -0.3 is 14.2 Å². The maximum Gasteiger partial charge on any atom is 0.335 e. The van der Waals surface area contributed by atoms with Crippen molar-refractivity contribution in [3.05, 3.63) is 128 Å². The molecule has 44 heavy (non-hydrogen) atoms. The lowest BCUT2D eigenvalue weighted by Crippen LogP contribution is -2.54. The van der Waals surface area contributed by atoms with Crippen LogP contribution < -0.4 is 24.4 Å². The van der Waals surface area contributed by atoms with E-state index in [1.807, 2.05) is 24.3 Å². The lowest BCUT2D eigenvalue weighted by molar-refractivity contribution is -0.384. The molecule has 1 saturated heterocycles. The Morgan fingerprint density at radius 2 is 1.59 bits per heavy atom. The van der Waals surface area contributed by atoms with Gasteiger partial charge in [0.25, 0.3) is 17.5 Å². The molecule has 0 aromatic heterocycles. The smallest absolute Gasteiger partial charge is 0.335 e. The summed E-state index contributed by atoms with van der Waals surface area (Å²) in [4.78, 5) is 50.1. The molecule has 4 amide bonds. The summed E-state index contributed by atoms with van der Waals surface area (Å²) in [6, 6.07) is 24.0. The maximum absolute atomic E-state index is 13.4. The molecular weight excluding hydrogens is 634 g/mol. The quantitative estimate of drug-likeness (QED) is 0.0922. The molecule has 0 saturated carbocycles. The number of nitro groups is 1. The first-order chi connectivity index (χ1) is 21.2. The molecule has 1 aliphatic heterocycles. The van der Waals surface area contributed by atoms with E-state index < -0.39 is 22.8 Å². The van der Waals surface area contributed by atoms with Gasteiger partial charge in [0, 0.05) is 16.6 Å². The number of non-ortho nitro benzene ring substituents is 1. The van der Waals surface area contributed by atoms with Crippen LogP contribution in [0, 0.1) is 10.1 Å². The fourth-order valence-electron chi connectivity index (χ4n) is 4.31. The first-order valence-corrected chi connectivity index (χ1v) is 13.9. The van der Waals surface area contributed by atoms with E-state index in [1.165, 1.54) is 25.3 Å². The Hall–Kier alpha value is -5.49. The van der Waals surface area contributed by atoms with Crippen molar-refractivity contribution in [1.29, 1.82) is 0 Å². The van der Waals surface area contributed by atoms with Crippen molar-refractivity contribution < 1.29 is 33.5 Å². The van der Waals surface area contributed by atoms with Gasteiger partial charge in [0.15, 0.2) is 11.5 Å². The highest BCUT2D eigenvalue weighted by molar-refractivity contribution is 9.10. The van der Waals surface area contributed by atoms with Crippen LogP contribution in [-0.4, -0.2) is 29.9 Å². The number of carbonyl (C=O) groups excluding carboxylic acids is 3. The van der Waals surface area contributed by atoms with E-state index in [0.717, 1.165) is 14.9 Å². The van der Waals surface area contributed by atoms with Crippen molar-refractivity contribution in [2.45, 2.75) is 13.2 Å². The van der Waals surface area contributed by atoms with E-state index in [0.29, 0.717) is 35.0 Å². The predicted molar refractivity (Wildman–Crippen MR) is 164 cm³/mol. The lowest BCUT2D eigenvalue weighted by Gasteiger charge is -2.26. The number of hydrogen-bond donors (Lipinski definition) is 1. The van der Waals surface area contributed by atoms with E-state index in [-0.39, 0.29) is 23.6 Å². The number of benzene rings is 4. The summed E-state index contributed by atoms with van der Waals surface area (Å²) in [6.45, 7) is 0.379. The molecule has 0 bridgehead atoms. The number of nitrogens with zero attached hydrogens (tertiary/aromatic N) is 2. The van der Waals surface area contributed by atoms with Crippen molar-refractivity contribution in [2.24, 2.45) is 0 Å². The molecule has 1 aliphatic rings. The summed E-state index contributed by atoms with van der Waals surface area (Å²) in [7, 11) is 1.43. The van der Waals surface area contributed by atoms with Gasteiger partial charge >= 0.3 is 6.03 Å². The number of anilines is 1. The minimum Gasteiger partial charge on any atom is -0.493 e. The van der Waals surface area contributed by atoms with Crippen molar-refractivity contribution >= 4 is 51.2 Å². The summed E-state index contributed by atoms with van der Waals surface area (Å²) in [5.74, 6) is -0.448. The number of nitro benzene ring substituents is 1. The lowest BCUT2D eigenvalue weighted by atomic mass is 10.1. The zero-order valence-corrected chi connectivity index (χ0v) is 24.8. The summed E-state index contributed by atoms with van der Waals surface area (Å²) in [5, 5.41) is 13.2. The van der Waals surface area contributed by atoms with E-state index in [1.54, 1.807) is 54.6 Å². The summed E-state index contributed by atoms with van der Waals surface area (Å²) < 4.78 is 18.0. The molecule has 0 spiro atoms. The Balaban J connectivity index is 1.30. The number of urea groups is 1. The zero-order valence-electron chi connectivity index (χ0n) is 23.2. The Morgan fingerprint density at radius 3 is 2.30 bits per heavy atom. The molecule has 4 aromatic carbocycles. The van der Waals surface area contributed by atoms with Crippen LogP contribution in [0.5, 0.6) is 17.2 Å². The topological polar surface area (TPSA) is 137 Å². The summed E-state index contributed by atoms with van der Waals surface area (Å²) in [6.07, 6.45) is 1.35. The van der Waals surface area contributed by atoms with Crippen LogP contribution in [0.2, 0.25) is 0 Å². The minimum absolute atomic E-state index is 0.0461. The average Bonchev–Trinajstić information content (AvgIpc) is 3.02. The fourth-order valence-corrected chi connectivity index (χ4v) is 4.58. The highest BCUT2D eigenvalue weighted by Crippen LogP contribution is 2.31. The molecule has 0 radical (unpaired) electrons. The van der Waals surface area contributed by atoms with Crippen LogP contribution in [0.1, 0.15) is 16.7 Å². The Bertz CT molecular complexity index is 1770. The molecule has 0 aliphatic carbocycles.